The number of nitrogens with two attached hydrogens (primary N) is 1. The lowest BCUT2D eigenvalue weighted by Gasteiger charge is -2.05. The van der Waals surface area contributed by atoms with E-state index in [1.54, 1.807) is 4.68 Å². The van der Waals surface area contributed by atoms with Crippen molar-refractivity contribution in [2.45, 2.75) is 6.92 Å². The molecule has 3 rings (SSSR count). The molecule has 0 aliphatic carbocycles. The van der Waals surface area contributed by atoms with Crippen LogP contribution in [0.3, 0.4) is 0 Å². The molecule has 0 saturated heterocycles. The molecule has 0 fully saturated rings. The van der Waals surface area contributed by atoms with Crippen molar-refractivity contribution in [2.24, 2.45) is 7.05 Å². The SMILES string of the molecule is Cc1cccc(-c2nn(C)c(N)c2-c2cccc(Cl)c2)c1. The van der Waals surface area contributed by atoms with Crippen LogP contribution >= 0.6 is 11.6 Å². The second-order valence-electron chi connectivity index (χ2n) is 5.11. The molecule has 2 aromatic carbocycles. The molecule has 3 nitrogen and oxygen atoms in total. The third kappa shape index (κ3) is 2.52. The molecule has 4 heteroatoms. The number of rotatable bonds is 2. The summed E-state index contributed by atoms with van der Waals surface area (Å²) in [5.74, 6) is 0.633. The van der Waals surface area contributed by atoms with Gasteiger partial charge in [-0.15, -0.1) is 0 Å². The average molecular weight is 298 g/mol. The zero-order valence-electron chi connectivity index (χ0n) is 12.0. The summed E-state index contributed by atoms with van der Waals surface area (Å²) in [7, 11) is 1.85. The van der Waals surface area contributed by atoms with E-state index in [4.69, 9.17) is 17.3 Å². The Labute approximate surface area is 129 Å². The Morgan fingerprint density at radius 1 is 1.05 bits per heavy atom. The summed E-state index contributed by atoms with van der Waals surface area (Å²) in [6.45, 7) is 2.06. The summed E-state index contributed by atoms with van der Waals surface area (Å²) in [5.41, 5.74) is 11.2. The lowest BCUT2D eigenvalue weighted by Crippen LogP contribution is -1.97. The molecule has 0 amide bonds. The topological polar surface area (TPSA) is 43.8 Å². The van der Waals surface area contributed by atoms with E-state index in [0.29, 0.717) is 10.8 Å². The minimum absolute atomic E-state index is 0.633. The van der Waals surface area contributed by atoms with Gasteiger partial charge >= 0.3 is 0 Å². The molecular formula is C17H16ClN3. The molecule has 0 saturated carbocycles. The quantitative estimate of drug-likeness (QED) is 0.766. The lowest BCUT2D eigenvalue weighted by atomic mass is 10.00. The lowest BCUT2D eigenvalue weighted by molar-refractivity contribution is 0.782. The molecule has 0 bridgehead atoms. The fraction of sp³-hybridized carbons (Fsp3) is 0.118. The minimum Gasteiger partial charge on any atom is -0.383 e. The van der Waals surface area contributed by atoms with Gasteiger partial charge in [0.2, 0.25) is 0 Å². The molecule has 0 spiro atoms. The molecule has 106 valence electrons. The van der Waals surface area contributed by atoms with Crippen molar-refractivity contribution < 1.29 is 0 Å². The number of aromatic nitrogens is 2. The molecule has 0 unspecified atom stereocenters. The van der Waals surface area contributed by atoms with Gasteiger partial charge in [0.1, 0.15) is 11.5 Å². The Hall–Kier alpha value is -2.26. The van der Waals surface area contributed by atoms with Gasteiger partial charge in [-0.3, -0.25) is 4.68 Å². The summed E-state index contributed by atoms with van der Waals surface area (Å²) in [5, 5.41) is 5.26. The monoisotopic (exact) mass is 297 g/mol. The van der Waals surface area contributed by atoms with Gasteiger partial charge < -0.3 is 5.73 Å². The number of aryl methyl sites for hydroxylation is 2. The maximum atomic E-state index is 6.22. The van der Waals surface area contributed by atoms with Gasteiger partial charge in [-0.1, -0.05) is 47.5 Å². The van der Waals surface area contributed by atoms with Crippen molar-refractivity contribution in [3.05, 3.63) is 59.1 Å². The number of anilines is 1. The maximum Gasteiger partial charge on any atom is 0.129 e. The Kier molecular flexibility index (Phi) is 3.43. The number of hydrogen-bond acceptors (Lipinski definition) is 2. The van der Waals surface area contributed by atoms with E-state index in [1.165, 1.54) is 5.56 Å². The zero-order valence-corrected chi connectivity index (χ0v) is 12.7. The van der Waals surface area contributed by atoms with Crippen molar-refractivity contribution in [3.8, 4) is 22.4 Å². The van der Waals surface area contributed by atoms with Gasteiger partial charge in [0.25, 0.3) is 0 Å². The Balaban J connectivity index is 2.25. The molecule has 0 aliphatic rings. The second-order valence-corrected chi connectivity index (χ2v) is 5.55. The molecule has 0 radical (unpaired) electrons. The smallest absolute Gasteiger partial charge is 0.129 e. The number of nitrogen functional groups attached to an aromatic ring is 1. The predicted molar refractivity (Wildman–Crippen MR) is 88.2 cm³/mol. The van der Waals surface area contributed by atoms with Gasteiger partial charge in [0.05, 0.1) is 5.56 Å². The first-order valence-electron chi connectivity index (χ1n) is 6.71. The Morgan fingerprint density at radius 3 is 2.48 bits per heavy atom. The van der Waals surface area contributed by atoms with Crippen LogP contribution in [0.5, 0.6) is 0 Å². The third-order valence-electron chi connectivity index (χ3n) is 3.50. The van der Waals surface area contributed by atoms with Crippen molar-refractivity contribution in [3.63, 3.8) is 0 Å². The van der Waals surface area contributed by atoms with Crippen molar-refractivity contribution in [1.29, 1.82) is 0 Å². The van der Waals surface area contributed by atoms with E-state index >= 15 is 0 Å². The molecule has 0 aliphatic heterocycles. The van der Waals surface area contributed by atoms with E-state index in [0.717, 1.165) is 22.4 Å². The first kappa shape index (κ1) is 13.7. The average Bonchev–Trinajstić information content (AvgIpc) is 2.75. The van der Waals surface area contributed by atoms with E-state index in [9.17, 15) is 0 Å². The minimum atomic E-state index is 0.633. The van der Waals surface area contributed by atoms with Crippen molar-refractivity contribution in [2.75, 3.05) is 5.73 Å². The maximum absolute atomic E-state index is 6.22. The fourth-order valence-corrected chi connectivity index (χ4v) is 2.65. The van der Waals surface area contributed by atoms with Crippen LogP contribution in [-0.2, 0) is 7.05 Å². The highest BCUT2D eigenvalue weighted by Crippen LogP contribution is 2.36. The summed E-state index contributed by atoms with van der Waals surface area (Å²) in [6, 6.07) is 15.9. The fourth-order valence-electron chi connectivity index (χ4n) is 2.46. The van der Waals surface area contributed by atoms with Crippen LogP contribution in [-0.4, -0.2) is 9.78 Å². The van der Waals surface area contributed by atoms with Crippen LogP contribution in [0.25, 0.3) is 22.4 Å². The first-order chi connectivity index (χ1) is 10.1. The van der Waals surface area contributed by atoms with Crippen LogP contribution < -0.4 is 5.73 Å². The summed E-state index contributed by atoms with van der Waals surface area (Å²) >= 11 is 6.11. The molecule has 0 atom stereocenters. The zero-order chi connectivity index (χ0) is 15.0. The standard InChI is InChI=1S/C17H16ClN3/c1-11-5-3-7-13(9-11)16-15(17(19)21(2)20-16)12-6-4-8-14(18)10-12/h3-10H,19H2,1-2H3. The normalized spacial score (nSPS) is 10.8. The highest BCUT2D eigenvalue weighted by atomic mass is 35.5. The van der Waals surface area contributed by atoms with Gasteiger partial charge in [-0.2, -0.15) is 5.10 Å². The Morgan fingerprint density at radius 2 is 1.76 bits per heavy atom. The van der Waals surface area contributed by atoms with Gasteiger partial charge in [0, 0.05) is 17.6 Å². The van der Waals surface area contributed by atoms with Gasteiger partial charge in [-0.05, 0) is 30.7 Å². The van der Waals surface area contributed by atoms with Crippen LogP contribution in [0.1, 0.15) is 5.56 Å². The summed E-state index contributed by atoms with van der Waals surface area (Å²) < 4.78 is 1.70. The number of nitrogens with zero attached hydrogens (tertiary/aromatic N) is 2. The van der Waals surface area contributed by atoms with Crippen molar-refractivity contribution in [1.82, 2.24) is 9.78 Å². The molecule has 1 heterocycles. The second kappa shape index (κ2) is 5.26. The summed E-state index contributed by atoms with van der Waals surface area (Å²) in [4.78, 5) is 0. The first-order valence-corrected chi connectivity index (χ1v) is 7.09. The molecule has 3 aromatic rings. The summed E-state index contributed by atoms with van der Waals surface area (Å²) in [6.07, 6.45) is 0. The van der Waals surface area contributed by atoms with Gasteiger partial charge in [0.15, 0.2) is 0 Å². The number of hydrogen-bond donors (Lipinski definition) is 1. The molecule has 21 heavy (non-hydrogen) atoms. The number of halogens is 1. The molecular weight excluding hydrogens is 282 g/mol. The molecule has 2 N–H and O–H groups in total. The number of benzene rings is 2. The van der Waals surface area contributed by atoms with Crippen LogP contribution in [0, 0.1) is 6.92 Å². The van der Waals surface area contributed by atoms with Crippen LogP contribution in [0.15, 0.2) is 48.5 Å². The highest BCUT2D eigenvalue weighted by Gasteiger charge is 2.17. The van der Waals surface area contributed by atoms with E-state index in [1.807, 2.05) is 43.4 Å². The molecule has 1 aromatic heterocycles. The van der Waals surface area contributed by atoms with E-state index in [2.05, 4.69) is 24.2 Å². The van der Waals surface area contributed by atoms with Crippen LogP contribution in [0.2, 0.25) is 5.02 Å². The van der Waals surface area contributed by atoms with E-state index < -0.39 is 0 Å². The predicted octanol–water partition coefficient (Wildman–Crippen LogP) is 4.30. The van der Waals surface area contributed by atoms with Crippen LogP contribution in [0.4, 0.5) is 5.82 Å². The highest BCUT2D eigenvalue weighted by molar-refractivity contribution is 6.30. The third-order valence-corrected chi connectivity index (χ3v) is 3.73. The van der Waals surface area contributed by atoms with E-state index in [-0.39, 0.29) is 0 Å². The van der Waals surface area contributed by atoms with Gasteiger partial charge in [-0.25, -0.2) is 0 Å². The van der Waals surface area contributed by atoms with Crippen molar-refractivity contribution >= 4 is 17.4 Å². The largest absolute Gasteiger partial charge is 0.383 e. The Bertz CT molecular complexity index is 806.